The van der Waals surface area contributed by atoms with Gasteiger partial charge in [-0.3, -0.25) is 9.69 Å². The van der Waals surface area contributed by atoms with Gasteiger partial charge in [0.05, 0.1) is 13.1 Å². The molecule has 4 rings (SSSR count). The molecule has 2 aromatic carbocycles. The molecule has 0 radical (unpaired) electrons. The second-order valence-corrected chi connectivity index (χ2v) is 7.13. The number of benzene rings is 2. The highest BCUT2D eigenvalue weighted by molar-refractivity contribution is 5.78. The lowest BCUT2D eigenvalue weighted by Crippen LogP contribution is -2.41. The lowest BCUT2D eigenvalue weighted by molar-refractivity contribution is -0.132. The second-order valence-electron chi connectivity index (χ2n) is 7.13. The number of rotatable bonds is 3. The Morgan fingerprint density at radius 3 is 2.69 bits per heavy atom. The van der Waals surface area contributed by atoms with Gasteiger partial charge >= 0.3 is 0 Å². The van der Waals surface area contributed by atoms with E-state index in [4.69, 9.17) is 4.74 Å². The number of para-hydroxylation sites is 1. The summed E-state index contributed by atoms with van der Waals surface area (Å²) in [7, 11) is 0. The Morgan fingerprint density at radius 1 is 1.08 bits per heavy atom. The van der Waals surface area contributed by atoms with Crippen LogP contribution < -0.4 is 4.74 Å². The van der Waals surface area contributed by atoms with Crippen molar-refractivity contribution in [1.29, 1.82) is 0 Å². The van der Waals surface area contributed by atoms with Crippen molar-refractivity contribution in [2.45, 2.75) is 18.6 Å². The van der Waals surface area contributed by atoms with Gasteiger partial charge in [0.25, 0.3) is 0 Å². The molecule has 1 fully saturated rings. The highest BCUT2D eigenvalue weighted by Crippen LogP contribution is 2.32. The molecular weight excluding hydrogens is 328 g/mol. The Balaban J connectivity index is 1.40. The van der Waals surface area contributed by atoms with E-state index in [0.29, 0.717) is 39.2 Å². The smallest absolute Gasteiger partial charge is 0.236 e. The average Bonchev–Trinajstić information content (AvgIpc) is 2.96. The molecule has 2 aromatic rings. The monoisotopic (exact) mass is 352 g/mol. The van der Waals surface area contributed by atoms with Crippen molar-refractivity contribution in [3.8, 4) is 5.75 Å². The van der Waals surface area contributed by atoms with Gasteiger partial charge < -0.3 is 14.7 Å². The predicted molar refractivity (Wildman–Crippen MR) is 98.7 cm³/mol. The van der Waals surface area contributed by atoms with Crippen LogP contribution in [-0.4, -0.2) is 53.6 Å². The van der Waals surface area contributed by atoms with Crippen LogP contribution in [0.4, 0.5) is 0 Å². The summed E-state index contributed by atoms with van der Waals surface area (Å²) < 4.78 is 5.77. The number of ether oxygens (including phenoxy) is 1. The standard InChI is InChI=1S/C21H24N2O3/c24-20(15-22-12-13-26-19-9-5-4-6-17(19)14-22)23-11-10-21(25,16-23)18-7-2-1-3-8-18/h1-9,25H,10-16H2/t21-/m1/s1. The number of carbonyl (C=O) groups excluding carboxylic acids is 1. The van der Waals surface area contributed by atoms with Crippen LogP contribution in [-0.2, 0) is 16.9 Å². The van der Waals surface area contributed by atoms with Gasteiger partial charge in [0.2, 0.25) is 5.91 Å². The average molecular weight is 352 g/mol. The molecule has 0 saturated carbocycles. The molecule has 136 valence electrons. The van der Waals surface area contributed by atoms with Crippen LogP contribution in [0.2, 0.25) is 0 Å². The molecule has 0 aliphatic carbocycles. The number of likely N-dealkylation sites (tertiary alicyclic amines) is 1. The van der Waals surface area contributed by atoms with Crippen LogP contribution >= 0.6 is 0 Å². The molecule has 2 heterocycles. The minimum Gasteiger partial charge on any atom is -0.492 e. The normalized spacial score (nSPS) is 23.2. The molecule has 2 aliphatic heterocycles. The Bertz CT molecular complexity index is 780. The summed E-state index contributed by atoms with van der Waals surface area (Å²) in [5, 5.41) is 10.9. The fraction of sp³-hybridized carbons (Fsp3) is 0.381. The fourth-order valence-electron chi connectivity index (χ4n) is 3.80. The van der Waals surface area contributed by atoms with Crippen molar-refractivity contribution < 1.29 is 14.6 Å². The van der Waals surface area contributed by atoms with Crippen molar-refractivity contribution >= 4 is 5.91 Å². The van der Waals surface area contributed by atoms with Gasteiger partial charge in [-0.2, -0.15) is 0 Å². The third-order valence-electron chi connectivity index (χ3n) is 5.30. The van der Waals surface area contributed by atoms with Gasteiger partial charge in [-0.05, 0) is 18.1 Å². The SMILES string of the molecule is O=C(CN1CCOc2ccccc2C1)N1CC[C@](O)(c2ccccc2)C1. The van der Waals surface area contributed by atoms with Crippen molar-refractivity contribution in [2.24, 2.45) is 0 Å². The number of hydrogen-bond donors (Lipinski definition) is 1. The van der Waals surface area contributed by atoms with Crippen molar-refractivity contribution in [2.75, 3.05) is 32.8 Å². The molecule has 5 heteroatoms. The van der Waals surface area contributed by atoms with E-state index in [1.807, 2.05) is 54.6 Å². The summed E-state index contributed by atoms with van der Waals surface area (Å²) in [6.45, 7) is 3.30. The molecule has 0 bridgehead atoms. The van der Waals surface area contributed by atoms with Crippen LogP contribution in [0.1, 0.15) is 17.5 Å². The van der Waals surface area contributed by atoms with E-state index in [1.165, 1.54) is 0 Å². The first kappa shape index (κ1) is 17.1. The summed E-state index contributed by atoms with van der Waals surface area (Å²) in [6, 6.07) is 17.6. The van der Waals surface area contributed by atoms with E-state index < -0.39 is 5.60 Å². The molecule has 1 amide bonds. The summed E-state index contributed by atoms with van der Waals surface area (Å²) >= 11 is 0. The van der Waals surface area contributed by atoms with Crippen LogP contribution in [0.15, 0.2) is 54.6 Å². The predicted octanol–water partition coefficient (Wildman–Crippen LogP) is 2.00. The molecule has 1 saturated heterocycles. The van der Waals surface area contributed by atoms with Crippen LogP contribution in [0, 0.1) is 0 Å². The van der Waals surface area contributed by atoms with Crippen molar-refractivity contribution in [1.82, 2.24) is 9.80 Å². The number of carbonyl (C=O) groups is 1. The first-order valence-electron chi connectivity index (χ1n) is 9.13. The zero-order valence-corrected chi connectivity index (χ0v) is 14.8. The Labute approximate surface area is 153 Å². The maximum absolute atomic E-state index is 12.8. The van der Waals surface area contributed by atoms with Crippen LogP contribution in [0.3, 0.4) is 0 Å². The lowest BCUT2D eigenvalue weighted by atomic mass is 9.93. The van der Waals surface area contributed by atoms with Gasteiger partial charge in [-0.1, -0.05) is 48.5 Å². The molecule has 5 nitrogen and oxygen atoms in total. The van der Waals surface area contributed by atoms with E-state index in [1.54, 1.807) is 4.90 Å². The summed E-state index contributed by atoms with van der Waals surface area (Å²) in [6.07, 6.45) is 0.578. The second kappa shape index (κ2) is 7.09. The van der Waals surface area contributed by atoms with E-state index in [-0.39, 0.29) is 5.91 Å². The summed E-state index contributed by atoms with van der Waals surface area (Å²) in [4.78, 5) is 16.7. The lowest BCUT2D eigenvalue weighted by Gasteiger charge is -2.26. The first-order valence-corrected chi connectivity index (χ1v) is 9.13. The van der Waals surface area contributed by atoms with E-state index in [0.717, 1.165) is 23.4 Å². The molecule has 2 aliphatic rings. The fourth-order valence-corrected chi connectivity index (χ4v) is 3.80. The quantitative estimate of drug-likeness (QED) is 0.918. The van der Waals surface area contributed by atoms with E-state index in [2.05, 4.69) is 4.90 Å². The van der Waals surface area contributed by atoms with Crippen molar-refractivity contribution in [3.63, 3.8) is 0 Å². The van der Waals surface area contributed by atoms with Gasteiger partial charge in [0.15, 0.2) is 0 Å². The maximum atomic E-state index is 12.8. The molecule has 0 unspecified atom stereocenters. The number of fused-ring (bicyclic) bond motifs is 1. The Kier molecular flexibility index (Phi) is 4.66. The minimum absolute atomic E-state index is 0.0660. The summed E-state index contributed by atoms with van der Waals surface area (Å²) in [5.41, 5.74) is 1.05. The maximum Gasteiger partial charge on any atom is 0.236 e. The minimum atomic E-state index is -0.939. The number of aliphatic hydroxyl groups is 1. The summed E-state index contributed by atoms with van der Waals surface area (Å²) in [5.74, 6) is 0.971. The van der Waals surface area contributed by atoms with Gasteiger partial charge in [-0.15, -0.1) is 0 Å². The number of amides is 1. The van der Waals surface area contributed by atoms with Crippen molar-refractivity contribution in [3.05, 3.63) is 65.7 Å². The third-order valence-corrected chi connectivity index (χ3v) is 5.30. The van der Waals surface area contributed by atoms with Gasteiger partial charge in [0, 0.05) is 25.2 Å². The molecular formula is C21H24N2O3. The van der Waals surface area contributed by atoms with E-state index >= 15 is 0 Å². The van der Waals surface area contributed by atoms with E-state index in [9.17, 15) is 9.90 Å². The first-order chi connectivity index (χ1) is 12.6. The zero-order valence-electron chi connectivity index (χ0n) is 14.8. The molecule has 1 atom stereocenters. The topological polar surface area (TPSA) is 53.0 Å². The Hall–Kier alpha value is -2.37. The molecule has 1 N–H and O–H groups in total. The molecule has 26 heavy (non-hydrogen) atoms. The highest BCUT2D eigenvalue weighted by atomic mass is 16.5. The third kappa shape index (κ3) is 3.45. The largest absolute Gasteiger partial charge is 0.492 e. The zero-order chi connectivity index (χ0) is 18.0. The Morgan fingerprint density at radius 2 is 1.85 bits per heavy atom. The van der Waals surface area contributed by atoms with Crippen LogP contribution in [0.5, 0.6) is 5.75 Å². The van der Waals surface area contributed by atoms with Gasteiger partial charge in [0.1, 0.15) is 18.0 Å². The number of nitrogens with zero attached hydrogens (tertiary/aromatic N) is 2. The number of hydrogen-bond acceptors (Lipinski definition) is 4. The van der Waals surface area contributed by atoms with Crippen LogP contribution in [0.25, 0.3) is 0 Å². The molecule has 0 aromatic heterocycles. The highest BCUT2D eigenvalue weighted by Gasteiger charge is 2.39. The van der Waals surface area contributed by atoms with Gasteiger partial charge in [-0.25, -0.2) is 0 Å². The molecule has 0 spiro atoms. The number of β-amino-alcohol motifs (C(OH)–C–C–N with tert-alkyl or cyclic N) is 1.